The summed E-state index contributed by atoms with van der Waals surface area (Å²) in [7, 11) is 0. The lowest BCUT2D eigenvalue weighted by Gasteiger charge is -2.14. The van der Waals surface area contributed by atoms with Gasteiger partial charge in [0.1, 0.15) is 6.61 Å². The quantitative estimate of drug-likeness (QED) is 0.397. The van der Waals surface area contributed by atoms with Gasteiger partial charge in [0.05, 0.1) is 0 Å². The zero-order valence-electron chi connectivity index (χ0n) is 10.1. The third kappa shape index (κ3) is 11.4. The van der Waals surface area contributed by atoms with E-state index in [4.69, 9.17) is 16.3 Å². The number of carbonyl (C=O) groups is 1. The summed E-state index contributed by atoms with van der Waals surface area (Å²) in [6, 6.07) is 0. The van der Waals surface area contributed by atoms with Gasteiger partial charge in [0.2, 0.25) is 0 Å². The molecule has 0 N–H and O–H groups in total. The highest BCUT2D eigenvalue weighted by Crippen LogP contribution is 2.21. The van der Waals surface area contributed by atoms with Crippen molar-refractivity contribution >= 4 is 17.6 Å². The molecule has 0 bridgehead atoms. The molecule has 0 radical (unpaired) electrons. The van der Waals surface area contributed by atoms with E-state index in [2.05, 4.69) is 0 Å². The Kier molecular flexibility index (Phi) is 6.66. The van der Waals surface area contributed by atoms with Gasteiger partial charge in [0, 0.05) is 11.8 Å². The van der Waals surface area contributed by atoms with E-state index in [-0.39, 0.29) is 10.8 Å². The highest BCUT2D eigenvalue weighted by molar-refractivity contribution is 6.23. The molecule has 0 rings (SSSR count). The van der Waals surface area contributed by atoms with Gasteiger partial charge < -0.3 is 4.74 Å². The molecule has 2 nitrogen and oxygen atoms in total. The average molecular weight is 233 g/mol. The van der Waals surface area contributed by atoms with Gasteiger partial charge in [-0.25, -0.2) is 0 Å². The van der Waals surface area contributed by atoms with Crippen LogP contribution < -0.4 is 0 Å². The molecule has 0 unspecified atom stereocenters. The van der Waals surface area contributed by atoms with Gasteiger partial charge >= 0.3 is 5.97 Å². The van der Waals surface area contributed by atoms with Crippen LogP contribution in [0.25, 0.3) is 0 Å². The predicted molar refractivity (Wildman–Crippen MR) is 64.2 cm³/mol. The maximum absolute atomic E-state index is 10.5. The Morgan fingerprint density at radius 2 is 2.00 bits per heavy atom. The number of hydrogen-bond acceptors (Lipinski definition) is 2. The van der Waals surface area contributed by atoms with Crippen LogP contribution in [0.15, 0.2) is 11.6 Å². The molecule has 3 heteroatoms. The molecule has 15 heavy (non-hydrogen) atoms. The van der Waals surface area contributed by atoms with E-state index >= 15 is 0 Å². The highest BCUT2D eigenvalue weighted by Gasteiger charge is 2.11. The van der Waals surface area contributed by atoms with Crippen molar-refractivity contribution in [2.75, 3.05) is 6.61 Å². The summed E-state index contributed by atoms with van der Waals surface area (Å²) >= 11 is 6.07. The Hall–Kier alpha value is -0.500. The normalized spacial score (nSPS) is 12.7. The van der Waals surface area contributed by atoms with Crippen LogP contribution in [0.3, 0.4) is 0 Å². The Balaban J connectivity index is 3.64. The van der Waals surface area contributed by atoms with E-state index in [1.54, 1.807) is 0 Å². The van der Waals surface area contributed by atoms with E-state index in [0.717, 1.165) is 19.3 Å². The molecule has 0 heterocycles. The molecule has 0 amide bonds. The summed E-state index contributed by atoms with van der Waals surface area (Å²) in [5.41, 5.74) is 1.25. The van der Waals surface area contributed by atoms with Gasteiger partial charge in [0.25, 0.3) is 0 Å². The van der Waals surface area contributed by atoms with E-state index in [1.165, 1.54) is 12.5 Å². The number of carbonyl (C=O) groups excluding carboxylic acids is 1. The van der Waals surface area contributed by atoms with Crippen molar-refractivity contribution in [1.82, 2.24) is 0 Å². The zero-order chi connectivity index (χ0) is 11.9. The summed E-state index contributed by atoms with van der Waals surface area (Å²) in [5.74, 6) is -0.235. The number of halogens is 1. The van der Waals surface area contributed by atoms with Crippen molar-refractivity contribution in [1.29, 1.82) is 0 Å². The third-order valence-electron chi connectivity index (χ3n) is 2.06. The largest absolute Gasteiger partial charge is 0.462 e. The monoisotopic (exact) mass is 232 g/mol. The first kappa shape index (κ1) is 14.5. The first-order valence-electron chi connectivity index (χ1n) is 5.29. The molecular formula is C12H21ClO2. The van der Waals surface area contributed by atoms with Gasteiger partial charge in [-0.15, -0.1) is 11.6 Å². The Bertz CT molecular complexity index is 226. The molecule has 0 aromatic carbocycles. The molecule has 0 aliphatic heterocycles. The summed E-state index contributed by atoms with van der Waals surface area (Å²) < 4.78 is 4.82. The molecule has 0 saturated carbocycles. The van der Waals surface area contributed by atoms with Crippen molar-refractivity contribution < 1.29 is 9.53 Å². The first-order valence-corrected chi connectivity index (χ1v) is 5.67. The second-order valence-electron chi connectivity index (χ2n) is 4.43. The van der Waals surface area contributed by atoms with Crippen molar-refractivity contribution in [3.05, 3.63) is 11.6 Å². The second-order valence-corrected chi connectivity index (χ2v) is 5.45. The summed E-state index contributed by atoms with van der Waals surface area (Å²) in [6.07, 6.45) is 5.02. The lowest BCUT2D eigenvalue weighted by atomic mass is 10.0. The van der Waals surface area contributed by atoms with Crippen molar-refractivity contribution in [3.8, 4) is 0 Å². The zero-order valence-corrected chi connectivity index (χ0v) is 10.9. The number of rotatable bonds is 6. The van der Waals surface area contributed by atoms with Gasteiger partial charge in [0.15, 0.2) is 0 Å². The van der Waals surface area contributed by atoms with Crippen molar-refractivity contribution in [3.63, 3.8) is 0 Å². The minimum absolute atomic E-state index is 0.115. The summed E-state index contributed by atoms with van der Waals surface area (Å²) in [6.45, 7) is 7.88. The standard InChI is InChI=1S/C12H21ClO2/c1-10(7-9-15-11(2)14)6-5-8-12(3,4)13/h7H,5-6,8-9H2,1-4H3/b10-7+. The van der Waals surface area contributed by atoms with Crippen LogP contribution >= 0.6 is 11.6 Å². The molecule has 0 spiro atoms. The van der Waals surface area contributed by atoms with Crippen LogP contribution in [0.2, 0.25) is 0 Å². The SMILES string of the molecule is CC(=O)OC/C=C(\C)CCCC(C)(C)Cl. The van der Waals surface area contributed by atoms with Crippen LogP contribution in [-0.2, 0) is 9.53 Å². The Morgan fingerprint density at radius 3 is 2.47 bits per heavy atom. The lowest BCUT2D eigenvalue weighted by Crippen LogP contribution is -2.09. The second kappa shape index (κ2) is 6.89. The van der Waals surface area contributed by atoms with E-state index in [9.17, 15) is 4.79 Å². The lowest BCUT2D eigenvalue weighted by molar-refractivity contribution is -0.139. The van der Waals surface area contributed by atoms with Gasteiger partial charge in [-0.3, -0.25) is 4.79 Å². The minimum Gasteiger partial charge on any atom is -0.462 e. The molecule has 0 saturated heterocycles. The fraction of sp³-hybridized carbons (Fsp3) is 0.750. The summed E-state index contributed by atoms with van der Waals surface area (Å²) in [4.78, 5) is 10.4. The number of allylic oxidation sites excluding steroid dienone is 1. The molecule has 0 atom stereocenters. The predicted octanol–water partition coefficient (Wildman–Crippen LogP) is 3.68. The minimum atomic E-state index is -0.235. The number of hydrogen-bond donors (Lipinski definition) is 0. The fourth-order valence-electron chi connectivity index (χ4n) is 1.19. The maximum Gasteiger partial charge on any atom is 0.302 e. The fourth-order valence-corrected chi connectivity index (χ4v) is 1.32. The van der Waals surface area contributed by atoms with Gasteiger partial charge in [-0.1, -0.05) is 5.57 Å². The van der Waals surface area contributed by atoms with Gasteiger partial charge in [-0.2, -0.15) is 0 Å². The van der Waals surface area contributed by atoms with Crippen molar-refractivity contribution in [2.24, 2.45) is 0 Å². The van der Waals surface area contributed by atoms with Crippen LogP contribution in [0.5, 0.6) is 0 Å². The summed E-state index contributed by atoms with van der Waals surface area (Å²) in [5, 5.41) is 0. The van der Waals surface area contributed by atoms with E-state index in [0.29, 0.717) is 6.61 Å². The first-order chi connectivity index (χ1) is 6.81. The van der Waals surface area contributed by atoms with Crippen LogP contribution in [-0.4, -0.2) is 17.5 Å². The van der Waals surface area contributed by atoms with Crippen molar-refractivity contribution in [2.45, 2.75) is 51.8 Å². The Labute approximate surface area is 97.6 Å². The molecule has 0 aromatic rings. The van der Waals surface area contributed by atoms with Crippen LogP contribution in [0.4, 0.5) is 0 Å². The van der Waals surface area contributed by atoms with Gasteiger partial charge in [-0.05, 0) is 46.1 Å². The molecule has 0 aromatic heterocycles. The Morgan fingerprint density at radius 1 is 1.40 bits per heavy atom. The molecule has 88 valence electrons. The molecule has 0 fully saturated rings. The van der Waals surface area contributed by atoms with E-state index in [1.807, 2.05) is 26.8 Å². The molecular weight excluding hydrogens is 212 g/mol. The smallest absolute Gasteiger partial charge is 0.302 e. The maximum atomic E-state index is 10.5. The van der Waals surface area contributed by atoms with E-state index < -0.39 is 0 Å². The highest BCUT2D eigenvalue weighted by atomic mass is 35.5. The topological polar surface area (TPSA) is 26.3 Å². The number of ether oxygens (including phenoxy) is 1. The third-order valence-corrected chi connectivity index (χ3v) is 2.25. The van der Waals surface area contributed by atoms with Crippen LogP contribution in [0.1, 0.15) is 47.0 Å². The van der Waals surface area contributed by atoms with Crippen LogP contribution in [0, 0.1) is 0 Å². The molecule has 0 aliphatic rings. The number of esters is 1. The molecule has 0 aliphatic carbocycles. The average Bonchev–Trinajstić information content (AvgIpc) is 2.00. The number of alkyl halides is 1.